The molecule has 2 atom stereocenters. The Labute approximate surface area is 129 Å². The summed E-state index contributed by atoms with van der Waals surface area (Å²) in [6.45, 7) is 8.40. The predicted octanol–water partition coefficient (Wildman–Crippen LogP) is 3.37. The van der Waals surface area contributed by atoms with Gasteiger partial charge < -0.3 is 14.6 Å². The highest BCUT2D eigenvalue weighted by atomic mass is 79.9. The van der Waals surface area contributed by atoms with Crippen LogP contribution in [0.5, 0.6) is 0 Å². The SMILES string of the molecule is COC1CC(NC(=O)c2cc(Br)cn2C(C)C)C1(C)C. The van der Waals surface area contributed by atoms with Crippen LogP contribution in [0.1, 0.15) is 50.6 Å². The molecule has 1 fully saturated rings. The third-order valence-electron chi connectivity index (χ3n) is 4.37. The molecule has 1 aliphatic rings. The second kappa shape index (κ2) is 5.53. The van der Waals surface area contributed by atoms with E-state index in [4.69, 9.17) is 4.74 Å². The van der Waals surface area contributed by atoms with Crippen molar-refractivity contribution in [3.8, 4) is 0 Å². The van der Waals surface area contributed by atoms with Crippen molar-refractivity contribution >= 4 is 21.8 Å². The van der Waals surface area contributed by atoms with Crippen LogP contribution in [0.15, 0.2) is 16.7 Å². The normalized spacial score (nSPS) is 24.6. The summed E-state index contributed by atoms with van der Waals surface area (Å²) in [5, 5.41) is 3.14. The number of halogens is 1. The number of rotatable bonds is 4. The van der Waals surface area contributed by atoms with Crippen molar-refractivity contribution in [1.82, 2.24) is 9.88 Å². The van der Waals surface area contributed by atoms with Crippen LogP contribution in [0.4, 0.5) is 0 Å². The Hall–Kier alpha value is -0.810. The molecule has 0 bridgehead atoms. The molecule has 1 aromatic heterocycles. The van der Waals surface area contributed by atoms with E-state index >= 15 is 0 Å². The zero-order valence-corrected chi connectivity index (χ0v) is 14.3. The van der Waals surface area contributed by atoms with Gasteiger partial charge in [0, 0.05) is 35.3 Å². The largest absolute Gasteiger partial charge is 0.381 e. The van der Waals surface area contributed by atoms with E-state index < -0.39 is 0 Å². The monoisotopic (exact) mass is 342 g/mol. The number of nitrogens with one attached hydrogen (secondary N) is 1. The zero-order valence-electron chi connectivity index (χ0n) is 12.7. The smallest absolute Gasteiger partial charge is 0.268 e. The van der Waals surface area contributed by atoms with Gasteiger partial charge in [0.25, 0.3) is 5.91 Å². The molecule has 112 valence electrons. The molecule has 1 amide bonds. The van der Waals surface area contributed by atoms with E-state index in [9.17, 15) is 4.79 Å². The van der Waals surface area contributed by atoms with Crippen LogP contribution in [-0.2, 0) is 4.74 Å². The molecule has 0 aromatic carbocycles. The first kappa shape index (κ1) is 15.6. The van der Waals surface area contributed by atoms with Crippen molar-refractivity contribution < 1.29 is 9.53 Å². The number of carbonyl (C=O) groups excluding carboxylic acids is 1. The predicted molar refractivity (Wildman–Crippen MR) is 83.0 cm³/mol. The Balaban J connectivity index is 2.10. The summed E-state index contributed by atoms with van der Waals surface area (Å²) in [6, 6.07) is 2.28. The molecule has 0 spiro atoms. The summed E-state index contributed by atoms with van der Waals surface area (Å²) in [5.74, 6) is -0.0166. The van der Waals surface area contributed by atoms with Gasteiger partial charge in [0.05, 0.1) is 6.10 Å². The molecule has 1 aromatic rings. The molecule has 2 unspecified atom stereocenters. The van der Waals surface area contributed by atoms with E-state index in [1.54, 1.807) is 7.11 Å². The molecule has 0 radical (unpaired) electrons. The van der Waals surface area contributed by atoms with Crippen LogP contribution >= 0.6 is 15.9 Å². The number of aromatic nitrogens is 1. The summed E-state index contributed by atoms with van der Waals surface area (Å²) < 4.78 is 8.34. The van der Waals surface area contributed by atoms with E-state index in [0.717, 1.165) is 10.9 Å². The summed E-state index contributed by atoms with van der Waals surface area (Å²) >= 11 is 3.44. The molecule has 5 heteroatoms. The van der Waals surface area contributed by atoms with Gasteiger partial charge in [-0.1, -0.05) is 13.8 Å². The summed E-state index contributed by atoms with van der Waals surface area (Å²) in [7, 11) is 1.73. The van der Waals surface area contributed by atoms with Gasteiger partial charge in [-0.3, -0.25) is 4.79 Å². The first-order chi connectivity index (χ1) is 9.27. The van der Waals surface area contributed by atoms with Crippen LogP contribution < -0.4 is 5.32 Å². The Morgan fingerprint density at radius 1 is 1.55 bits per heavy atom. The van der Waals surface area contributed by atoms with Crippen molar-refractivity contribution in [2.24, 2.45) is 5.41 Å². The number of nitrogens with zero attached hydrogens (tertiary/aromatic N) is 1. The van der Waals surface area contributed by atoms with Gasteiger partial charge in [-0.15, -0.1) is 0 Å². The second-order valence-corrected chi connectivity index (χ2v) is 7.27. The Bertz CT molecular complexity index is 508. The van der Waals surface area contributed by atoms with Crippen molar-refractivity contribution in [2.75, 3.05) is 7.11 Å². The molecule has 1 N–H and O–H groups in total. The van der Waals surface area contributed by atoms with E-state index in [2.05, 4.69) is 48.9 Å². The molecule has 1 saturated carbocycles. The van der Waals surface area contributed by atoms with E-state index in [1.165, 1.54) is 0 Å². The third kappa shape index (κ3) is 2.66. The minimum absolute atomic E-state index is 0.0166. The number of amides is 1. The average Bonchev–Trinajstić information content (AvgIpc) is 2.76. The molecule has 1 heterocycles. The van der Waals surface area contributed by atoms with Crippen molar-refractivity contribution in [1.29, 1.82) is 0 Å². The van der Waals surface area contributed by atoms with Crippen LogP contribution in [0.2, 0.25) is 0 Å². The van der Waals surface area contributed by atoms with Crippen molar-refractivity contribution in [2.45, 2.75) is 52.3 Å². The Kier molecular flexibility index (Phi) is 4.30. The van der Waals surface area contributed by atoms with Gasteiger partial charge in [0.1, 0.15) is 5.69 Å². The fourth-order valence-corrected chi connectivity index (χ4v) is 3.25. The maximum absolute atomic E-state index is 12.5. The van der Waals surface area contributed by atoms with Crippen LogP contribution in [0.3, 0.4) is 0 Å². The standard InChI is InChI=1S/C15H23BrN2O2/c1-9(2)18-8-10(16)6-11(18)14(19)17-12-7-13(20-5)15(12,3)4/h6,8-9,12-13H,7H2,1-5H3,(H,17,19). The molecule has 2 rings (SSSR count). The Morgan fingerprint density at radius 2 is 2.20 bits per heavy atom. The number of hydrogen-bond donors (Lipinski definition) is 1. The number of hydrogen-bond acceptors (Lipinski definition) is 2. The second-order valence-electron chi connectivity index (χ2n) is 6.35. The molecule has 4 nitrogen and oxygen atoms in total. The minimum atomic E-state index is -0.0170. The number of methoxy groups -OCH3 is 1. The number of carbonyl (C=O) groups is 1. The van der Waals surface area contributed by atoms with Crippen LogP contribution in [0, 0.1) is 5.41 Å². The highest BCUT2D eigenvalue weighted by Crippen LogP contribution is 2.42. The van der Waals surface area contributed by atoms with Gasteiger partial charge in [-0.25, -0.2) is 0 Å². The first-order valence-corrected chi connectivity index (χ1v) is 7.77. The van der Waals surface area contributed by atoms with Gasteiger partial charge in [0.15, 0.2) is 0 Å². The maximum atomic E-state index is 12.5. The lowest BCUT2D eigenvalue weighted by Gasteiger charge is -2.51. The summed E-state index contributed by atoms with van der Waals surface area (Å²) in [4.78, 5) is 12.5. The quantitative estimate of drug-likeness (QED) is 0.911. The highest BCUT2D eigenvalue weighted by molar-refractivity contribution is 9.10. The van der Waals surface area contributed by atoms with Crippen molar-refractivity contribution in [3.05, 3.63) is 22.4 Å². The first-order valence-electron chi connectivity index (χ1n) is 6.98. The van der Waals surface area contributed by atoms with Gasteiger partial charge in [-0.2, -0.15) is 0 Å². The fraction of sp³-hybridized carbons (Fsp3) is 0.667. The lowest BCUT2D eigenvalue weighted by Crippen LogP contribution is -2.61. The lowest BCUT2D eigenvalue weighted by atomic mass is 9.64. The summed E-state index contributed by atoms with van der Waals surface area (Å²) in [6.07, 6.45) is 3.04. The molecular weight excluding hydrogens is 320 g/mol. The van der Waals surface area contributed by atoms with Crippen LogP contribution in [-0.4, -0.2) is 29.7 Å². The minimum Gasteiger partial charge on any atom is -0.381 e. The van der Waals surface area contributed by atoms with Crippen LogP contribution in [0.25, 0.3) is 0 Å². The van der Waals surface area contributed by atoms with E-state index in [0.29, 0.717) is 5.69 Å². The highest BCUT2D eigenvalue weighted by Gasteiger charge is 2.49. The molecule has 0 aliphatic heterocycles. The zero-order chi connectivity index (χ0) is 15.1. The van der Waals surface area contributed by atoms with Gasteiger partial charge in [0.2, 0.25) is 0 Å². The van der Waals surface area contributed by atoms with Gasteiger partial charge >= 0.3 is 0 Å². The number of ether oxygens (including phenoxy) is 1. The molecule has 0 saturated heterocycles. The van der Waals surface area contributed by atoms with Crippen molar-refractivity contribution in [3.63, 3.8) is 0 Å². The Morgan fingerprint density at radius 3 is 2.70 bits per heavy atom. The molecule has 1 aliphatic carbocycles. The fourth-order valence-electron chi connectivity index (χ4n) is 2.82. The van der Waals surface area contributed by atoms with E-state index in [-0.39, 0.29) is 29.5 Å². The average molecular weight is 343 g/mol. The van der Waals surface area contributed by atoms with E-state index in [1.807, 2.05) is 16.8 Å². The molecular formula is C15H23BrN2O2. The van der Waals surface area contributed by atoms with Gasteiger partial charge in [-0.05, 0) is 42.3 Å². The topological polar surface area (TPSA) is 43.3 Å². The molecule has 20 heavy (non-hydrogen) atoms. The summed E-state index contributed by atoms with van der Waals surface area (Å²) in [5.41, 5.74) is 0.681. The third-order valence-corrected chi connectivity index (χ3v) is 4.81. The maximum Gasteiger partial charge on any atom is 0.268 e. The lowest BCUT2D eigenvalue weighted by molar-refractivity contribution is -0.0943.